The van der Waals surface area contributed by atoms with Gasteiger partial charge in [0.1, 0.15) is 6.54 Å². The molecule has 1 amide bonds. The fourth-order valence-corrected chi connectivity index (χ4v) is 1.91. The van der Waals surface area contributed by atoms with Crippen LogP contribution in [0.2, 0.25) is 0 Å². The zero-order chi connectivity index (χ0) is 13.0. The number of amides is 1. The Kier molecular flexibility index (Phi) is 4.02. The molecule has 0 aliphatic heterocycles. The molecule has 0 atom stereocenters. The molecular weight excluding hydrogens is 230 g/mol. The van der Waals surface area contributed by atoms with Crippen molar-refractivity contribution in [2.24, 2.45) is 5.92 Å². The normalized spacial score (nSPS) is 14.4. The summed E-state index contributed by atoms with van der Waals surface area (Å²) in [7, 11) is 0. The van der Waals surface area contributed by atoms with Crippen LogP contribution in [0.3, 0.4) is 0 Å². The number of hydrogen-bond donors (Lipinski definition) is 2. The van der Waals surface area contributed by atoms with Crippen LogP contribution < -0.4 is 16.6 Å². The van der Waals surface area contributed by atoms with E-state index in [4.69, 9.17) is 5.73 Å². The lowest BCUT2D eigenvalue weighted by Gasteiger charge is -2.07. The Morgan fingerprint density at radius 1 is 1.44 bits per heavy atom. The fraction of sp³-hybridized carbons (Fsp3) is 0.538. The number of nitrogens with one attached hydrogen (secondary N) is 1. The second-order valence-electron chi connectivity index (χ2n) is 4.86. The zero-order valence-corrected chi connectivity index (χ0v) is 10.4. The molecule has 1 aliphatic carbocycles. The van der Waals surface area contributed by atoms with E-state index in [1.165, 1.54) is 42.2 Å². The molecule has 0 unspecified atom stereocenters. The number of anilines is 1. The van der Waals surface area contributed by atoms with Gasteiger partial charge in [0.2, 0.25) is 5.91 Å². The first-order valence-electron chi connectivity index (χ1n) is 6.38. The summed E-state index contributed by atoms with van der Waals surface area (Å²) < 4.78 is 1.32. The van der Waals surface area contributed by atoms with Gasteiger partial charge in [-0.15, -0.1) is 0 Å². The van der Waals surface area contributed by atoms with Gasteiger partial charge in [-0.1, -0.05) is 12.8 Å². The van der Waals surface area contributed by atoms with Gasteiger partial charge in [-0.25, -0.2) is 0 Å². The van der Waals surface area contributed by atoms with Crippen LogP contribution in [-0.4, -0.2) is 17.0 Å². The Labute approximate surface area is 106 Å². The molecule has 98 valence electrons. The van der Waals surface area contributed by atoms with Crippen LogP contribution in [0.15, 0.2) is 23.1 Å². The molecule has 0 bridgehead atoms. The van der Waals surface area contributed by atoms with Gasteiger partial charge in [0.25, 0.3) is 5.56 Å². The average Bonchev–Trinajstić information content (AvgIpc) is 3.13. The van der Waals surface area contributed by atoms with Crippen molar-refractivity contribution in [1.82, 2.24) is 9.88 Å². The minimum absolute atomic E-state index is 0.0350. The Hall–Kier alpha value is -1.78. The lowest BCUT2D eigenvalue weighted by atomic mass is 10.2. The van der Waals surface area contributed by atoms with Crippen LogP contribution in [0, 0.1) is 5.92 Å². The predicted octanol–water partition coefficient (Wildman–Crippen LogP) is 0.737. The topological polar surface area (TPSA) is 77.1 Å². The summed E-state index contributed by atoms with van der Waals surface area (Å²) in [4.78, 5) is 23.1. The van der Waals surface area contributed by atoms with E-state index >= 15 is 0 Å². The highest BCUT2D eigenvalue weighted by Gasteiger charge is 2.20. The Morgan fingerprint density at radius 2 is 2.22 bits per heavy atom. The monoisotopic (exact) mass is 249 g/mol. The van der Waals surface area contributed by atoms with Crippen molar-refractivity contribution in [3.8, 4) is 0 Å². The van der Waals surface area contributed by atoms with E-state index < -0.39 is 0 Å². The first-order chi connectivity index (χ1) is 8.65. The number of carbonyl (C=O) groups excluding carboxylic acids is 1. The molecule has 1 aliphatic rings. The van der Waals surface area contributed by atoms with E-state index in [9.17, 15) is 9.59 Å². The number of pyridine rings is 1. The summed E-state index contributed by atoms with van der Waals surface area (Å²) in [5, 5.41) is 2.82. The smallest absolute Gasteiger partial charge is 0.251 e. The maximum absolute atomic E-state index is 11.6. The molecule has 18 heavy (non-hydrogen) atoms. The highest BCUT2D eigenvalue weighted by Crippen LogP contribution is 2.33. The van der Waals surface area contributed by atoms with Crippen LogP contribution in [0.5, 0.6) is 0 Å². The van der Waals surface area contributed by atoms with Crippen molar-refractivity contribution in [2.45, 2.75) is 32.2 Å². The van der Waals surface area contributed by atoms with E-state index in [1.807, 2.05) is 0 Å². The predicted molar refractivity (Wildman–Crippen MR) is 70.1 cm³/mol. The summed E-state index contributed by atoms with van der Waals surface area (Å²) in [5.74, 6) is 0.747. The van der Waals surface area contributed by atoms with Crippen molar-refractivity contribution in [3.05, 3.63) is 28.7 Å². The highest BCUT2D eigenvalue weighted by molar-refractivity contribution is 5.75. The van der Waals surface area contributed by atoms with Crippen molar-refractivity contribution in [2.75, 3.05) is 12.3 Å². The van der Waals surface area contributed by atoms with E-state index in [1.54, 1.807) is 0 Å². The Bertz CT molecular complexity index is 477. The highest BCUT2D eigenvalue weighted by atomic mass is 16.2. The van der Waals surface area contributed by atoms with Crippen molar-refractivity contribution in [1.29, 1.82) is 0 Å². The van der Waals surface area contributed by atoms with Crippen molar-refractivity contribution in [3.63, 3.8) is 0 Å². The van der Waals surface area contributed by atoms with E-state index in [0.29, 0.717) is 12.2 Å². The molecule has 5 heteroatoms. The van der Waals surface area contributed by atoms with Gasteiger partial charge in [-0.2, -0.15) is 0 Å². The van der Waals surface area contributed by atoms with Gasteiger partial charge < -0.3 is 15.6 Å². The Morgan fingerprint density at radius 3 is 2.94 bits per heavy atom. The fourth-order valence-electron chi connectivity index (χ4n) is 1.91. The van der Waals surface area contributed by atoms with Gasteiger partial charge in [-0.05, 0) is 24.8 Å². The molecular formula is C13H19N3O2. The SMILES string of the molecule is Nc1ccc(=O)n(CC(=O)NCCCC2CC2)c1. The standard InChI is InChI=1S/C13H19N3O2/c14-11-5-6-13(18)16(8-11)9-12(17)15-7-1-2-10-3-4-10/h5-6,8,10H,1-4,7,9,14H2,(H,15,17). The summed E-state index contributed by atoms with van der Waals surface area (Å²) in [6, 6.07) is 2.90. The van der Waals surface area contributed by atoms with E-state index in [0.717, 1.165) is 12.3 Å². The largest absolute Gasteiger partial charge is 0.398 e. The summed E-state index contributed by atoms with van der Waals surface area (Å²) >= 11 is 0. The second kappa shape index (κ2) is 5.71. The number of nitrogens with two attached hydrogens (primary N) is 1. The third-order valence-electron chi connectivity index (χ3n) is 3.13. The maximum Gasteiger partial charge on any atom is 0.251 e. The van der Waals surface area contributed by atoms with Gasteiger partial charge >= 0.3 is 0 Å². The summed E-state index contributed by atoms with van der Waals surface area (Å²) in [6.07, 6.45) is 6.38. The number of carbonyl (C=O) groups is 1. The van der Waals surface area contributed by atoms with Crippen LogP contribution in [0.25, 0.3) is 0 Å². The zero-order valence-electron chi connectivity index (χ0n) is 10.4. The molecule has 0 radical (unpaired) electrons. The summed E-state index contributed by atoms with van der Waals surface area (Å²) in [6.45, 7) is 0.722. The van der Waals surface area contributed by atoms with Crippen LogP contribution >= 0.6 is 0 Å². The number of nitrogen functional groups attached to an aromatic ring is 1. The molecule has 0 aromatic carbocycles. The molecule has 2 rings (SSSR count). The molecule has 3 N–H and O–H groups in total. The quantitative estimate of drug-likeness (QED) is 0.730. The van der Waals surface area contributed by atoms with Gasteiger partial charge in [-0.3, -0.25) is 9.59 Å². The third-order valence-corrected chi connectivity index (χ3v) is 3.13. The molecule has 1 fully saturated rings. The Balaban J connectivity index is 1.75. The molecule has 0 spiro atoms. The van der Waals surface area contributed by atoms with Gasteiger partial charge in [0.05, 0.1) is 0 Å². The molecule has 1 aromatic heterocycles. The lowest BCUT2D eigenvalue weighted by Crippen LogP contribution is -2.32. The number of rotatable bonds is 6. The van der Waals surface area contributed by atoms with Crippen molar-refractivity contribution < 1.29 is 4.79 Å². The van der Waals surface area contributed by atoms with E-state index in [-0.39, 0.29) is 18.0 Å². The number of nitrogens with zero attached hydrogens (tertiary/aromatic N) is 1. The summed E-state index contributed by atoms with van der Waals surface area (Å²) in [5.41, 5.74) is 5.85. The number of aromatic nitrogens is 1. The van der Waals surface area contributed by atoms with E-state index in [2.05, 4.69) is 5.32 Å². The number of hydrogen-bond acceptors (Lipinski definition) is 3. The van der Waals surface area contributed by atoms with Crippen molar-refractivity contribution >= 4 is 11.6 Å². The van der Waals surface area contributed by atoms with Gasteiger partial charge in [0.15, 0.2) is 0 Å². The average molecular weight is 249 g/mol. The second-order valence-corrected chi connectivity index (χ2v) is 4.86. The minimum Gasteiger partial charge on any atom is -0.398 e. The first-order valence-corrected chi connectivity index (χ1v) is 6.38. The molecule has 1 heterocycles. The van der Waals surface area contributed by atoms with Crippen LogP contribution in [0.4, 0.5) is 5.69 Å². The minimum atomic E-state index is -0.211. The van der Waals surface area contributed by atoms with Crippen LogP contribution in [-0.2, 0) is 11.3 Å². The molecule has 0 saturated heterocycles. The third kappa shape index (κ3) is 3.91. The van der Waals surface area contributed by atoms with Gasteiger partial charge in [0, 0.05) is 24.5 Å². The van der Waals surface area contributed by atoms with Crippen LogP contribution in [0.1, 0.15) is 25.7 Å². The molecule has 5 nitrogen and oxygen atoms in total. The maximum atomic E-state index is 11.6. The lowest BCUT2D eigenvalue weighted by molar-refractivity contribution is -0.121. The molecule has 1 aromatic rings. The first kappa shape index (κ1) is 12.7. The molecule has 1 saturated carbocycles.